The first-order chi connectivity index (χ1) is 16.6. The summed E-state index contributed by atoms with van der Waals surface area (Å²) in [5.41, 5.74) is 0.870. The normalized spacial score (nSPS) is 15.3. The largest absolute Gasteiger partial charge is 0.433 e. The molecule has 1 aliphatic heterocycles. The maximum atomic E-state index is 13.6. The molecular formula is C24H22ClF3N6O. The van der Waals surface area contributed by atoms with Crippen molar-refractivity contribution >= 4 is 45.1 Å². The standard InChI is InChI=1S/C24H22ClF3N6O/c1-29-22(35)34-12-23(13-34,15-4-3-14-10-31-33(2)20(14)7-15)11-30-19-9-21(24(26,27)28)32-18-6-5-16(25)8-17(18)19/h3-10H,11-13H2,1-2H3,(H,29,35)(H,30,32). The van der Waals surface area contributed by atoms with Crippen molar-refractivity contribution < 1.29 is 18.0 Å². The number of aryl methyl sites for hydroxylation is 1. The lowest BCUT2D eigenvalue weighted by Crippen LogP contribution is -2.65. The summed E-state index contributed by atoms with van der Waals surface area (Å²) in [5.74, 6) is 0. The molecule has 2 amide bonds. The van der Waals surface area contributed by atoms with Crippen LogP contribution in [0.4, 0.5) is 23.7 Å². The SMILES string of the molecule is CNC(=O)N1CC(CNc2cc(C(F)(F)F)nc3ccc(Cl)cc23)(c2ccc3cnn(C)c3c2)C1. The van der Waals surface area contributed by atoms with Crippen molar-refractivity contribution in [3.05, 3.63) is 64.9 Å². The molecule has 1 fully saturated rings. The van der Waals surface area contributed by atoms with Gasteiger partial charge < -0.3 is 15.5 Å². The van der Waals surface area contributed by atoms with Crippen LogP contribution in [0.3, 0.4) is 0 Å². The van der Waals surface area contributed by atoms with Crippen molar-refractivity contribution in [2.24, 2.45) is 7.05 Å². The molecule has 2 N–H and O–H groups in total. The first kappa shape index (κ1) is 23.2. The van der Waals surface area contributed by atoms with Crippen LogP contribution < -0.4 is 10.6 Å². The molecule has 3 heterocycles. The number of amides is 2. The molecule has 0 bridgehead atoms. The number of likely N-dealkylation sites (tertiary alicyclic amines) is 1. The number of alkyl halides is 3. The molecule has 35 heavy (non-hydrogen) atoms. The van der Waals surface area contributed by atoms with E-state index in [9.17, 15) is 18.0 Å². The Morgan fingerprint density at radius 3 is 2.66 bits per heavy atom. The lowest BCUT2D eigenvalue weighted by Gasteiger charge is -2.50. The summed E-state index contributed by atoms with van der Waals surface area (Å²) < 4.78 is 42.4. The zero-order valence-electron chi connectivity index (χ0n) is 18.9. The Balaban J connectivity index is 1.54. The number of rotatable bonds is 4. The topological polar surface area (TPSA) is 75.1 Å². The van der Waals surface area contributed by atoms with Gasteiger partial charge in [0.25, 0.3) is 0 Å². The van der Waals surface area contributed by atoms with Gasteiger partial charge in [0.05, 0.1) is 17.2 Å². The van der Waals surface area contributed by atoms with Gasteiger partial charge in [-0.25, -0.2) is 9.78 Å². The summed E-state index contributed by atoms with van der Waals surface area (Å²) in [5, 5.41) is 12.0. The van der Waals surface area contributed by atoms with Gasteiger partial charge in [0.1, 0.15) is 5.69 Å². The minimum Gasteiger partial charge on any atom is -0.383 e. The number of fused-ring (bicyclic) bond motifs is 2. The van der Waals surface area contributed by atoms with E-state index in [0.29, 0.717) is 30.0 Å². The monoisotopic (exact) mass is 502 g/mol. The lowest BCUT2D eigenvalue weighted by atomic mass is 9.73. The Bertz CT molecular complexity index is 1440. The van der Waals surface area contributed by atoms with E-state index in [2.05, 4.69) is 20.7 Å². The number of anilines is 1. The first-order valence-corrected chi connectivity index (χ1v) is 11.3. The van der Waals surface area contributed by atoms with E-state index >= 15 is 0 Å². The molecule has 0 unspecified atom stereocenters. The number of nitrogens with zero attached hydrogens (tertiary/aromatic N) is 4. The zero-order chi connectivity index (χ0) is 25.0. The number of carbonyl (C=O) groups excluding carboxylic acids is 1. The number of urea groups is 1. The molecular weight excluding hydrogens is 481 g/mol. The number of carbonyl (C=O) groups is 1. The Hall–Kier alpha value is -3.53. The Labute approximate surface area is 203 Å². The van der Waals surface area contributed by atoms with Gasteiger partial charge in [0.2, 0.25) is 0 Å². The molecule has 4 aromatic rings. The highest BCUT2D eigenvalue weighted by molar-refractivity contribution is 6.31. The molecule has 2 aromatic carbocycles. The van der Waals surface area contributed by atoms with Gasteiger partial charge in [0, 0.05) is 60.6 Å². The van der Waals surface area contributed by atoms with Crippen LogP contribution in [-0.2, 0) is 18.6 Å². The van der Waals surface area contributed by atoms with Crippen LogP contribution in [0.5, 0.6) is 0 Å². The van der Waals surface area contributed by atoms with Crippen LogP contribution in [0.25, 0.3) is 21.8 Å². The highest BCUT2D eigenvalue weighted by atomic mass is 35.5. The van der Waals surface area contributed by atoms with Gasteiger partial charge in [-0.1, -0.05) is 23.7 Å². The van der Waals surface area contributed by atoms with Crippen LogP contribution in [0.2, 0.25) is 5.02 Å². The van der Waals surface area contributed by atoms with Gasteiger partial charge in [0.15, 0.2) is 0 Å². The van der Waals surface area contributed by atoms with E-state index in [4.69, 9.17) is 11.6 Å². The molecule has 0 aliphatic carbocycles. The van der Waals surface area contributed by atoms with Gasteiger partial charge in [-0.05, 0) is 35.9 Å². The molecule has 0 spiro atoms. The minimum atomic E-state index is -4.60. The van der Waals surface area contributed by atoms with E-state index in [1.807, 2.05) is 25.2 Å². The Morgan fingerprint density at radius 1 is 1.17 bits per heavy atom. The Morgan fingerprint density at radius 2 is 1.94 bits per heavy atom. The number of hydrogen-bond donors (Lipinski definition) is 2. The number of pyridine rings is 1. The highest BCUT2D eigenvalue weighted by Gasteiger charge is 2.46. The molecule has 0 radical (unpaired) electrons. The average molecular weight is 503 g/mol. The second kappa shape index (κ2) is 8.30. The second-order valence-corrected chi connectivity index (χ2v) is 9.24. The molecule has 7 nitrogen and oxygen atoms in total. The zero-order valence-corrected chi connectivity index (χ0v) is 19.7. The van der Waals surface area contributed by atoms with E-state index < -0.39 is 17.3 Å². The maximum absolute atomic E-state index is 13.6. The van der Waals surface area contributed by atoms with Crippen LogP contribution in [0.1, 0.15) is 11.3 Å². The Kier molecular flexibility index (Phi) is 5.51. The third-order valence-corrected chi connectivity index (χ3v) is 6.76. The van der Waals surface area contributed by atoms with Crippen molar-refractivity contribution in [3.63, 3.8) is 0 Å². The fraction of sp³-hybridized carbons (Fsp3) is 0.292. The minimum absolute atomic E-state index is 0.192. The summed E-state index contributed by atoms with van der Waals surface area (Å²) >= 11 is 6.14. The smallest absolute Gasteiger partial charge is 0.383 e. The maximum Gasteiger partial charge on any atom is 0.433 e. The summed E-state index contributed by atoms with van der Waals surface area (Å²) in [6, 6.07) is 11.3. The molecule has 2 aromatic heterocycles. The van der Waals surface area contributed by atoms with E-state index in [0.717, 1.165) is 22.5 Å². The quantitative estimate of drug-likeness (QED) is 0.420. The van der Waals surface area contributed by atoms with E-state index in [1.54, 1.807) is 28.9 Å². The highest BCUT2D eigenvalue weighted by Crippen LogP contribution is 2.38. The number of hydrogen-bond acceptors (Lipinski definition) is 4. The van der Waals surface area contributed by atoms with Crippen molar-refractivity contribution in [3.8, 4) is 0 Å². The summed E-state index contributed by atoms with van der Waals surface area (Å²) in [6.07, 6.45) is -2.83. The summed E-state index contributed by atoms with van der Waals surface area (Å²) in [6.45, 7) is 1.10. The number of nitrogens with one attached hydrogen (secondary N) is 2. The molecule has 1 saturated heterocycles. The van der Waals surface area contributed by atoms with Crippen molar-refractivity contribution in [2.75, 3.05) is 32.0 Å². The third-order valence-electron chi connectivity index (χ3n) is 6.53. The van der Waals surface area contributed by atoms with Gasteiger partial charge in [-0.15, -0.1) is 0 Å². The molecule has 0 atom stereocenters. The summed E-state index contributed by atoms with van der Waals surface area (Å²) in [4.78, 5) is 17.7. The van der Waals surface area contributed by atoms with Crippen molar-refractivity contribution in [1.82, 2.24) is 25.0 Å². The predicted octanol–water partition coefficient (Wildman–Crippen LogP) is 4.80. The van der Waals surface area contributed by atoms with Gasteiger partial charge in [-0.3, -0.25) is 4.68 Å². The molecule has 11 heteroatoms. The lowest BCUT2D eigenvalue weighted by molar-refractivity contribution is -0.140. The number of halogens is 4. The van der Waals surface area contributed by atoms with Crippen LogP contribution in [0.15, 0.2) is 48.7 Å². The molecule has 182 valence electrons. The van der Waals surface area contributed by atoms with Crippen molar-refractivity contribution in [1.29, 1.82) is 0 Å². The van der Waals surface area contributed by atoms with E-state index in [-0.39, 0.29) is 17.2 Å². The predicted molar refractivity (Wildman–Crippen MR) is 129 cm³/mol. The van der Waals surface area contributed by atoms with Crippen LogP contribution in [0, 0.1) is 0 Å². The van der Waals surface area contributed by atoms with Crippen LogP contribution in [-0.4, -0.2) is 52.4 Å². The van der Waals surface area contributed by atoms with E-state index in [1.165, 1.54) is 12.1 Å². The third kappa shape index (κ3) is 4.12. The van der Waals surface area contributed by atoms with Gasteiger partial charge >= 0.3 is 12.2 Å². The number of benzene rings is 2. The van der Waals surface area contributed by atoms with Crippen LogP contribution >= 0.6 is 11.6 Å². The van der Waals surface area contributed by atoms with Gasteiger partial charge in [-0.2, -0.15) is 18.3 Å². The fourth-order valence-corrected chi connectivity index (χ4v) is 4.78. The molecule has 5 rings (SSSR count). The molecule has 1 aliphatic rings. The number of aromatic nitrogens is 3. The second-order valence-electron chi connectivity index (χ2n) is 8.80. The first-order valence-electron chi connectivity index (χ1n) is 10.9. The fourth-order valence-electron chi connectivity index (χ4n) is 4.61. The molecule has 0 saturated carbocycles. The summed E-state index contributed by atoms with van der Waals surface area (Å²) in [7, 11) is 3.41. The average Bonchev–Trinajstić information content (AvgIpc) is 3.17. The van der Waals surface area contributed by atoms with Crippen molar-refractivity contribution in [2.45, 2.75) is 11.6 Å².